The Morgan fingerprint density at radius 3 is 2.79 bits per heavy atom. The second kappa shape index (κ2) is 10.5. The number of fused-ring (bicyclic) bond motifs is 3. The van der Waals surface area contributed by atoms with Gasteiger partial charge in [-0.15, -0.1) is 13.2 Å². The Morgan fingerprint density at radius 1 is 1.21 bits per heavy atom. The normalized spacial score (nSPS) is 15.7. The van der Waals surface area contributed by atoms with Gasteiger partial charge < -0.3 is 14.6 Å². The molecule has 38 heavy (non-hydrogen) atoms. The molecule has 0 saturated carbocycles. The lowest BCUT2D eigenvalue weighted by molar-refractivity contribution is -0.303. The van der Waals surface area contributed by atoms with Crippen molar-refractivity contribution in [2.24, 2.45) is 5.10 Å². The number of alkyl halides is 3. The molecule has 0 saturated heterocycles. The van der Waals surface area contributed by atoms with E-state index in [-0.39, 0.29) is 11.8 Å². The Morgan fingerprint density at radius 2 is 2.05 bits per heavy atom. The van der Waals surface area contributed by atoms with E-state index < -0.39 is 6.36 Å². The topological polar surface area (TPSA) is 63.5 Å². The number of rotatable bonds is 5. The first-order valence-electron chi connectivity index (χ1n) is 11.6. The molecule has 3 aromatic carbocycles. The molecule has 11 heteroatoms. The summed E-state index contributed by atoms with van der Waals surface area (Å²) in [5, 5.41) is 10.3. The van der Waals surface area contributed by atoms with E-state index in [2.05, 4.69) is 25.6 Å². The van der Waals surface area contributed by atoms with Crippen molar-refractivity contribution in [3.05, 3.63) is 95.0 Å². The van der Waals surface area contributed by atoms with Gasteiger partial charge in [-0.3, -0.25) is 5.43 Å². The first-order valence-corrected chi connectivity index (χ1v) is 12.3. The molecule has 1 aliphatic carbocycles. The van der Waals surface area contributed by atoms with Gasteiger partial charge in [0.2, 0.25) is 0 Å². The van der Waals surface area contributed by atoms with Crippen LogP contribution in [0, 0.1) is 6.92 Å². The van der Waals surface area contributed by atoms with Gasteiger partial charge in [-0.2, -0.15) is 5.10 Å². The van der Waals surface area contributed by atoms with Crippen LogP contribution in [0.25, 0.3) is 21.8 Å². The number of thiocarbonyl (C=S) groups is 1. The highest BCUT2D eigenvalue weighted by atomic mass is 35.5. The highest BCUT2D eigenvalue weighted by Crippen LogP contribution is 2.31. The third-order valence-electron chi connectivity index (χ3n) is 6.03. The zero-order chi connectivity index (χ0) is 26.9. The Bertz CT molecular complexity index is 1630. The van der Waals surface area contributed by atoms with E-state index in [1.165, 1.54) is 12.2 Å². The van der Waals surface area contributed by atoms with Gasteiger partial charge >= 0.3 is 6.36 Å². The van der Waals surface area contributed by atoms with Crippen molar-refractivity contribution in [2.45, 2.75) is 25.7 Å². The maximum atomic E-state index is 12.5. The lowest BCUT2D eigenvalue weighted by atomic mass is 10.0. The van der Waals surface area contributed by atoms with Gasteiger partial charge in [-0.25, -0.2) is 4.98 Å². The van der Waals surface area contributed by atoms with Crippen LogP contribution in [0.1, 0.15) is 23.6 Å². The number of nitrogens with zero attached hydrogens (tertiary/aromatic N) is 3. The minimum Gasteiger partial charge on any atom is -0.406 e. The molecular formula is C27H21ClF3N5OS. The summed E-state index contributed by atoms with van der Waals surface area (Å²) in [6.45, 7) is 1.93. The van der Waals surface area contributed by atoms with Crippen molar-refractivity contribution in [3.8, 4) is 0 Å². The molecule has 1 aromatic heterocycles. The van der Waals surface area contributed by atoms with Crippen LogP contribution >= 0.6 is 23.8 Å². The third kappa shape index (κ3) is 5.81. The standard InChI is InChI=1S/C27H21ClF3N5OS/c1-16-12-19(28)4-10-23(16)34-26(38)35-33-14-17-2-9-22-18(13-17)3-11-24-25(22)32-15-36(24)20-5-7-21(8-6-20)37-27(29,30)31/h2-5,7-15,20H,6H2,1H3,(H2,34,35,38)/b33-14+. The number of hydrazone groups is 1. The maximum Gasteiger partial charge on any atom is 0.573 e. The predicted molar refractivity (Wildman–Crippen MR) is 148 cm³/mol. The van der Waals surface area contributed by atoms with Gasteiger partial charge in [-0.1, -0.05) is 35.9 Å². The van der Waals surface area contributed by atoms with Crippen LogP contribution in [-0.2, 0) is 4.74 Å². The fourth-order valence-electron chi connectivity index (χ4n) is 4.28. The number of benzene rings is 3. The number of aromatic nitrogens is 2. The Labute approximate surface area is 226 Å². The highest BCUT2D eigenvalue weighted by Gasteiger charge is 2.32. The Kier molecular flexibility index (Phi) is 7.09. The maximum absolute atomic E-state index is 12.5. The summed E-state index contributed by atoms with van der Waals surface area (Å²) >= 11 is 11.3. The first kappa shape index (κ1) is 25.7. The quantitative estimate of drug-likeness (QED) is 0.153. The van der Waals surface area contributed by atoms with Crippen molar-refractivity contribution in [1.29, 1.82) is 0 Å². The first-order chi connectivity index (χ1) is 18.2. The van der Waals surface area contributed by atoms with Gasteiger partial charge in [0, 0.05) is 16.1 Å². The summed E-state index contributed by atoms with van der Waals surface area (Å²) < 4.78 is 43.3. The molecule has 5 rings (SSSR count). The fraction of sp³-hybridized carbons (Fsp3) is 0.148. The summed E-state index contributed by atoms with van der Waals surface area (Å²) in [4.78, 5) is 4.59. The number of allylic oxidation sites excluding steroid dienone is 3. The summed E-state index contributed by atoms with van der Waals surface area (Å²) in [7, 11) is 0. The molecule has 0 bridgehead atoms. The molecule has 1 atom stereocenters. The van der Waals surface area contributed by atoms with E-state index in [1.807, 2.05) is 54.0 Å². The van der Waals surface area contributed by atoms with Crippen LogP contribution < -0.4 is 10.7 Å². The number of halogens is 4. The molecule has 1 unspecified atom stereocenters. The molecule has 0 aliphatic heterocycles. The van der Waals surface area contributed by atoms with Gasteiger partial charge in [0.05, 0.1) is 29.6 Å². The lowest BCUT2D eigenvalue weighted by Crippen LogP contribution is -2.24. The second-order valence-electron chi connectivity index (χ2n) is 8.67. The Hall–Kier alpha value is -3.89. The number of hydrogen-bond donors (Lipinski definition) is 2. The minimum atomic E-state index is -4.71. The number of nitrogens with one attached hydrogen (secondary N) is 2. The van der Waals surface area contributed by atoms with Gasteiger partial charge in [0.15, 0.2) is 5.11 Å². The number of aryl methyl sites for hydroxylation is 1. The minimum absolute atomic E-state index is 0.162. The molecule has 1 aliphatic rings. The zero-order valence-corrected chi connectivity index (χ0v) is 21.5. The molecule has 4 aromatic rings. The summed E-state index contributed by atoms with van der Waals surface area (Å²) in [6.07, 6.45) is 3.49. The number of hydrogen-bond acceptors (Lipinski definition) is 4. The van der Waals surface area contributed by atoms with Gasteiger partial charge in [0.25, 0.3) is 0 Å². The molecule has 0 fully saturated rings. The third-order valence-corrected chi connectivity index (χ3v) is 6.46. The monoisotopic (exact) mass is 555 g/mol. The summed E-state index contributed by atoms with van der Waals surface area (Å²) in [5.41, 5.74) is 7.18. The van der Waals surface area contributed by atoms with E-state index in [1.54, 1.807) is 24.7 Å². The molecule has 1 heterocycles. The van der Waals surface area contributed by atoms with Crippen molar-refractivity contribution in [1.82, 2.24) is 15.0 Å². The van der Waals surface area contributed by atoms with Crippen LogP contribution in [0.3, 0.4) is 0 Å². The molecule has 0 spiro atoms. The molecule has 6 nitrogen and oxygen atoms in total. The largest absolute Gasteiger partial charge is 0.573 e. The average Bonchev–Trinajstić information content (AvgIpc) is 3.30. The molecule has 0 amide bonds. The van der Waals surface area contributed by atoms with Crippen molar-refractivity contribution in [2.75, 3.05) is 5.32 Å². The van der Waals surface area contributed by atoms with Gasteiger partial charge in [0.1, 0.15) is 5.76 Å². The van der Waals surface area contributed by atoms with Crippen molar-refractivity contribution < 1.29 is 17.9 Å². The summed E-state index contributed by atoms with van der Waals surface area (Å²) in [6, 6.07) is 15.1. The highest BCUT2D eigenvalue weighted by molar-refractivity contribution is 7.80. The van der Waals surface area contributed by atoms with Crippen LogP contribution in [0.4, 0.5) is 18.9 Å². The van der Waals surface area contributed by atoms with E-state index in [9.17, 15) is 13.2 Å². The van der Waals surface area contributed by atoms with Crippen molar-refractivity contribution >= 4 is 62.6 Å². The Balaban J connectivity index is 1.28. The van der Waals surface area contributed by atoms with Crippen molar-refractivity contribution in [3.63, 3.8) is 0 Å². The fourth-order valence-corrected chi connectivity index (χ4v) is 4.67. The number of anilines is 1. The van der Waals surface area contributed by atoms with Crippen LogP contribution in [0.5, 0.6) is 0 Å². The molecule has 0 radical (unpaired) electrons. The smallest absolute Gasteiger partial charge is 0.406 e. The number of ether oxygens (including phenoxy) is 1. The van der Waals surface area contributed by atoms with E-state index in [0.717, 1.165) is 38.6 Å². The van der Waals surface area contributed by atoms with Crippen LogP contribution in [0.2, 0.25) is 5.02 Å². The van der Waals surface area contributed by atoms with E-state index >= 15 is 0 Å². The van der Waals surface area contributed by atoms with Crippen LogP contribution in [-0.4, -0.2) is 27.2 Å². The second-order valence-corrected chi connectivity index (χ2v) is 9.51. The number of imidazole rings is 1. The van der Waals surface area contributed by atoms with Gasteiger partial charge in [-0.05, 0) is 84.6 Å². The lowest BCUT2D eigenvalue weighted by Gasteiger charge is -2.19. The molecule has 194 valence electrons. The van der Waals surface area contributed by atoms with E-state index in [0.29, 0.717) is 16.6 Å². The average molecular weight is 556 g/mol. The summed E-state index contributed by atoms with van der Waals surface area (Å²) in [5.74, 6) is -0.205. The SMILES string of the molecule is Cc1cc(Cl)ccc1NC(=S)N/N=C/c1ccc2c(ccc3c2ncn3C2C=CC(OC(F)(F)F)=CC2)c1. The molecule has 2 N–H and O–H groups in total. The van der Waals surface area contributed by atoms with E-state index in [4.69, 9.17) is 23.8 Å². The predicted octanol–water partition coefficient (Wildman–Crippen LogP) is 7.39. The molecular weight excluding hydrogens is 535 g/mol. The zero-order valence-electron chi connectivity index (χ0n) is 20.0. The van der Waals surface area contributed by atoms with Crippen LogP contribution in [0.15, 0.2) is 83.9 Å².